The average Bonchev–Trinajstić information content (AvgIpc) is 2.20. The van der Waals surface area contributed by atoms with Gasteiger partial charge < -0.3 is 4.57 Å². The molecule has 0 atom stereocenters. The van der Waals surface area contributed by atoms with E-state index in [4.69, 9.17) is 0 Å². The van der Waals surface area contributed by atoms with Crippen LogP contribution in [0.25, 0.3) is 11.3 Å². The van der Waals surface area contributed by atoms with Gasteiger partial charge in [0.1, 0.15) is 5.69 Å². The van der Waals surface area contributed by atoms with Crippen molar-refractivity contribution in [2.24, 2.45) is 0 Å². The zero-order chi connectivity index (χ0) is 10.8. The summed E-state index contributed by atoms with van der Waals surface area (Å²) in [5.41, 5.74) is 4.98. The lowest BCUT2D eigenvalue weighted by Gasteiger charge is -2.10. The summed E-state index contributed by atoms with van der Waals surface area (Å²) in [4.78, 5) is 0. The van der Waals surface area contributed by atoms with Gasteiger partial charge in [0, 0.05) is 7.05 Å². The third kappa shape index (κ3) is 1.86. The van der Waals surface area contributed by atoms with Gasteiger partial charge in [-0.1, -0.05) is 35.9 Å². The Morgan fingerprint density at radius 1 is 1.07 bits per heavy atom. The fraction of sp³-hybridized carbons (Fsp3) is 0.143. The van der Waals surface area contributed by atoms with Crippen molar-refractivity contribution in [3.05, 3.63) is 60.8 Å². The van der Waals surface area contributed by atoms with Crippen molar-refractivity contribution < 1.29 is 4.57 Å². The number of rotatable bonds is 1. The summed E-state index contributed by atoms with van der Waals surface area (Å²) in [6, 6.07) is 12.6. The molecule has 0 aliphatic rings. The minimum absolute atomic E-state index is 1.15. The van der Waals surface area contributed by atoms with Crippen LogP contribution in [-0.2, 0) is 0 Å². The number of aryl methyl sites for hydroxylation is 2. The minimum atomic E-state index is 1.15. The first-order valence-corrected chi connectivity index (χ1v) is 5.07. The van der Waals surface area contributed by atoms with E-state index >= 15 is 0 Å². The smallest absolute Gasteiger partial charge is 0.112 e. The normalized spacial score (nSPS) is 10.3. The Morgan fingerprint density at radius 2 is 1.87 bits per heavy atom. The maximum Gasteiger partial charge on any atom is 0.112 e. The van der Waals surface area contributed by atoms with Gasteiger partial charge in [-0.05, 0) is 31.0 Å². The SMILES string of the molecule is [CH2-][n+]1ccccc1-c1ccc(C)cc1C. The second kappa shape index (κ2) is 3.77. The molecule has 1 heterocycles. The Balaban J connectivity index is 2.60. The van der Waals surface area contributed by atoms with Crippen molar-refractivity contribution >= 4 is 0 Å². The molecule has 15 heavy (non-hydrogen) atoms. The zero-order valence-corrected chi connectivity index (χ0v) is 9.20. The molecule has 0 saturated heterocycles. The van der Waals surface area contributed by atoms with Crippen LogP contribution in [0.2, 0.25) is 0 Å². The van der Waals surface area contributed by atoms with E-state index in [9.17, 15) is 0 Å². The zero-order valence-electron chi connectivity index (χ0n) is 9.20. The van der Waals surface area contributed by atoms with Crippen molar-refractivity contribution in [3.8, 4) is 11.3 Å². The van der Waals surface area contributed by atoms with E-state index in [2.05, 4.69) is 45.2 Å². The van der Waals surface area contributed by atoms with Gasteiger partial charge >= 0.3 is 0 Å². The molecule has 2 rings (SSSR count). The molecule has 76 valence electrons. The van der Waals surface area contributed by atoms with Gasteiger partial charge in [0.25, 0.3) is 0 Å². The highest BCUT2D eigenvalue weighted by molar-refractivity contribution is 5.61. The molecule has 0 aliphatic carbocycles. The van der Waals surface area contributed by atoms with E-state index < -0.39 is 0 Å². The molecule has 0 fully saturated rings. The van der Waals surface area contributed by atoms with E-state index in [1.165, 1.54) is 16.7 Å². The Labute approximate surface area is 91.0 Å². The molecule has 0 amide bonds. The summed E-state index contributed by atoms with van der Waals surface area (Å²) in [5, 5.41) is 0. The van der Waals surface area contributed by atoms with Gasteiger partial charge in [0.05, 0.1) is 6.20 Å². The lowest BCUT2D eigenvalue weighted by molar-refractivity contribution is -0.600. The molecule has 0 radical (unpaired) electrons. The summed E-state index contributed by atoms with van der Waals surface area (Å²) >= 11 is 0. The first-order chi connectivity index (χ1) is 7.18. The summed E-state index contributed by atoms with van der Waals surface area (Å²) in [6.45, 7) is 4.25. The van der Waals surface area contributed by atoms with Crippen LogP contribution in [0, 0.1) is 20.9 Å². The van der Waals surface area contributed by atoms with Crippen LogP contribution in [0.15, 0.2) is 42.6 Å². The largest absolute Gasteiger partial charge is 0.333 e. The number of hydrogen-bond acceptors (Lipinski definition) is 0. The van der Waals surface area contributed by atoms with Crippen molar-refractivity contribution in [3.63, 3.8) is 0 Å². The molecule has 1 aromatic heterocycles. The monoisotopic (exact) mass is 197 g/mol. The number of aromatic nitrogens is 1. The van der Waals surface area contributed by atoms with E-state index in [-0.39, 0.29) is 0 Å². The molecule has 1 nitrogen and oxygen atoms in total. The first-order valence-electron chi connectivity index (χ1n) is 5.07. The first kappa shape index (κ1) is 9.78. The van der Waals surface area contributed by atoms with Gasteiger partial charge in [-0.2, -0.15) is 0 Å². The molecule has 2 aromatic rings. The summed E-state index contributed by atoms with van der Waals surface area (Å²) in [7, 11) is 3.98. The van der Waals surface area contributed by atoms with Crippen LogP contribution in [0.4, 0.5) is 0 Å². The third-order valence-corrected chi connectivity index (χ3v) is 2.60. The number of nitrogens with zero attached hydrogens (tertiary/aromatic N) is 1. The second-order valence-electron chi connectivity index (χ2n) is 3.87. The van der Waals surface area contributed by atoms with Gasteiger partial charge in [0.15, 0.2) is 0 Å². The fourth-order valence-electron chi connectivity index (χ4n) is 1.82. The van der Waals surface area contributed by atoms with Crippen LogP contribution in [0.3, 0.4) is 0 Å². The molecular formula is C14H15N. The lowest BCUT2D eigenvalue weighted by Crippen LogP contribution is -2.27. The predicted molar refractivity (Wildman–Crippen MR) is 62.3 cm³/mol. The molecule has 1 aromatic carbocycles. The molecule has 0 unspecified atom stereocenters. The third-order valence-electron chi connectivity index (χ3n) is 2.60. The lowest BCUT2D eigenvalue weighted by atomic mass is 10.0. The second-order valence-corrected chi connectivity index (χ2v) is 3.87. The highest BCUT2D eigenvalue weighted by atomic mass is 14.9. The van der Waals surface area contributed by atoms with Gasteiger partial charge in [-0.3, -0.25) is 0 Å². The standard InChI is InChI=1S/C14H15N/c1-11-7-8-13(12(2)10-11)14-6-4-5-9-15(14)3/h4-10H,3H2,1-2H3. The van der Waals surface area contributed by atoms with Crippen LogP contribution in [-0.4, -0.2) is 0 Å². The van der Waals surface area contributed by atoms with Gasteiger partial charge in [-0.15, -0.1) is 0 Å². The fourth-order valence-corrected chi connectivity index (χ4v) is 1.82. The Morgan fingerprint density at radius 3 is 2.53 bits per heavy atom. The Bertz CT molecular complexity index is 486. The highest BCUT2D eigenvalue weighted by Crippen LogP contribution is 2.20. The molecule has 1 heteroatoms. The number of hydrogen-bond donors (Lipinski definition) is 0. The quantitative estimate of drug-likeness (QED) is 0.489. The van der Waals surface area contributed by atoms with Crippen LogP contribution >= 0.6 is 0 Å². The van der Waals surface area contributed by atoms with Crippen molar-refractivity contribution in [1.29, 1.82) is 0 Å². The topological polar surface area (TPSA) is 3.88 Å². The summed E-state index contributed by atoms with van der Waals surface area (Å²) in [6.07, 6.45) is 1.97. The number of benzene rings is 1. The average molecular weight is 197 g/mol. The van der Waals surface area contributed by atoms with Crippen LogP contribution in [0.5, 0.6) is 0 Å². The Kier molecular flexibility index (Phi) is 2.46. The molecule has 0 bridgehead atoms. The van der Waals surface area contributed by atoms with E-state index in [0.717, 1.165) is 5.69 Å². The summed E-state index contributed by atoms with van der Waals surface area (Å²) < 4.78 is 1.90. The van der Waals surface area contributed by atoms with Crippen LogP contribution < -0.4 is 4.57 Å². The van der Waals surface area contributed by atoms with Crippen molar-refractivity contribution in [2.45, 2.75) is 13.8 Å². The molecule has 0 N–H and O–H groups in total. The molecule has 0 spiro atoms. The highest BCUT2D eigenvalue weighted by Gasteiger charge is 2.04. The van der Waals surface area contributed by atoms with Gasteiger partial charge in [0.2, 0.25) is 0 Å². The Hall–Kier alpha value is -1.76. The maximum absolute atomic E-state index is 3.98. The van der Waals surface area contributed by atoms with Crippen molar-refractivity contribution in [2.75, 3.05) is 0 Å². The molecule has 0 saturated carbocycles. The summed E-state index contributed by atoms with van der Waals surface area (Å²) in [5.74, 6) is 0. The van der Waals surface area contributed by atoms with Crippen molar-refractivity contribution in [1.82, 2.24) is 0 Å². The maximum atomic E-state index is 3.98. The molecular weight excluding hydrogens is 182 g/mol. The minimum Gasteiger partial charge on any atom is -0.333 e. The van der Waals surface area contributed by atoms with E-state index in [1.807, 2.05) is 22.9 Å². The number of pyridine rings is 1. The van der Waals surface area contributed by atoms with E-state index in [1.54, 1.807) is 0 Å². The predicted octanol–water partition coefficient (Wildman–Crippen LogP) is 2.90. The molecule has 0 aliphatic heterocycles. The van der Waals surface area contributed by atoms with Crippen LogP contribution in [0.1, 0.15) is 11.1 Å². The van der Waals surface area contributed by atoms with Gasteiger partial charge in [-0.25, -0.2) is 0 Å². The van der Waals surface area contributed by atoms with E-state index in [0.29, 0.717) is 0 Å².